The molecule has 0 saturated heterocycles. The lowest BCUT2D eigenvalue weighted by atomic mass is 10.1. The number of hydrogen-bond acceptors (Lipinski definition) is 3. The van der Waals surface area contributed by atoms with Crippen molar-refractivity contribution in [3.63, 3.8) is 0 Å². The van der Waals surface area contributed by atoms with Crippen molar-refractivity contribution >= 4 is 16.9 Å². The topological polar surface area (TPSA) is 63.3 Å². The van der Waals surface area contributed by atoms with Crippen LogP contribution < -0.4 is 0 Å². The van der Waals surface area contributed by atoms with Crippen LogP contribution in [0.25, 0.3) is 22.3 Å². The number of carboxylic acid groups (broad SMARTS) is 1. The molecule has 94 valence electrons. The van der Waals surface area contributed by atoms with Crippen molar-refractivity contribution in [1.29, 1.82) is 0 Å². The van der Waals surface area contributed by atoms with Crippen LogP contribution in [-0.4, -0.2) is 16.1 Å². The molecule has 0 saturated carbocycles. The highest BCUT2D eigenvalue weighted by Crippen LogP contribution is 2.30. The Kier molecular flexibility index (Phi) is 2.56. The summed E-state index contributed by atoms with van der Waals surface area (Å²) in [6.07, 6.45) is 1.46. The Bertz CT molecular complexity index is 774. The van der Waals surface area contributed by atoms with Crippen LogP contribution in [0.15, 0.2) is 47.0 Å². The molecule has 0 atom stereocenters. The monoisotopic (exact) mass is 253 g/mol. The van der Waals surface area contributed by atoms with E-state index in [0.29, 0.717) is 11.3 Å². The van der Waals surface area contributed by atoms with Crippen LogP contribution in [0.2, 0.25) is 0 Å². The highest BCUT2D eigenvalue weighted by atomic mass is 16.4. The number of aromatic nitrogens is 1. The molecule has 3 rings (SSSR count). The molecule has 4 heteroatoms. The van der Waals surface area contributed by atoms with Gasteiger partial charge in [-0.15, -0.1) is 0 Å². The van der Waals surface area contributed by atoms with Crippen LogP contribution in [-0.2, 0) is 0 Å². The van der Waals surface area contributed by atoms with Crippen molar-refractivity contribution in [1.82, 2.24) is 4.98 Å². The minimum atomic E-state index is -1.06. The minimum absolute atomic E-state index is 0.000732. The molecule has 0 aliphatic heterocycles. The van der Waals surface area contributed by atoms with Gasteiger partial charge in [0.05, 0.1) is 5.56 Å². The normalized spacial score (nSPS) is 10.8. The molecule has 0 aliphatic carbocycles. The third-order valence-electron chi connectivity index (χ3n) is 3.02. The molecule has 2 heterocycles. The maximum Gasteiger partial charge on any atom is 0.355 e. The number of benzene rings is 1. The standard InChI is InChI=1S/C15H11NO3/c1-9-4-2-5-10-8-12(19-14(9)10)11-6-3-7-16-13(11)15(17)18/h2-8H,1H3,(H,17,18). The van der Waals surface area contributed by atoms with Gasteiger partial charge in [-0.25, -0.2) is 9.78 Å². The van der Waals surface area contributed by atoms with E-state index in [-0.39, 0.29) is 5.69 Å². The smallest absolute Gasteiger partial charge is 0.355 e. The van der Waals surface area contributed by atoms with Crippen molar-refractivity contribution < 1.29 is 14.3 Å². The molecule has 2 aromatic heterocycles. The van der Waals surface area contributed by atoms with Gasteiger partial charge < -0.3 is 9.52 Å². The summed E-state index contributed by atoms with van der Waals surface area (Å²) in [5.41, 5.74) is 2.28. The molecular formula is C15H11NO3. The van der Waals surface area contributed by atoms with Gasteiger partial charge in [0, 0.05) is 11.6 Å². The number of fused-ring (bicyclic) bond motifs is 1. The Morgan fingerprint density at radius 2 is 2.11 bits per heavy atom. The summed E-state index contributed by atoms with van der Waals surface area (Å²) in [6, 6.07) is 11.1. The van der Waals surface area contributed by atoms with Crippen LogP contribution in [0, 0.1) is 6.92 Å². The Morgan fingerprint density at radius 1 is 1.26 bits per heavy atom. The maximum atomic E-state index is 11.2. The van der Waals surface area contributed by atoms with Crippen LogP contribution in [0.5, 0.6) is 0 Å². The molecular weight excluding hydrogens is 242 g/mol. The second-order valence-corrected chi connectivity index (χ2v) is 4.31. The van der Waals surface area contributed by atoms with E-state index in [1.54, 1.807) is 12.1 Å². The van der Waals surface area contributed by atoms with Crippen molar-refractivity contribution in [3.8, 4) is 11.3 Å². The van der Waals surface area contributed by atoms with Gasteiger partial charge in [-0.05, 0) is 30.7 Å². The minimum Gasteiger partial charge on any atom is -0.476 e. The van der Waals surface area contributed by atoms with E-state index in [1.807, 2.05) is 31.2 Å². The zero-order valence-electron chi connectivity index (χ0n) is 10.3. The average molecular weight is 253 g/mol. The van der Waals surface area contributed by atoms with E-state index >= 15 is 0 Å². The number of para-hydroxylation sites is 1. The zero-order valence-corrected chi connectivity index (χ0v) is 10.3. The SMILES string of the molecule is Cc1cccc2cc(-c3cccnc3C(=O)O)oc12. The first-order valence-electron chi connectivity index (χ1n) is 5.84. The van der Waals surface area contributed by atoms with E-state index in [9.17, 15) is 4.79 Å². The number of aromatic carboxylic acids is 1. The molecule has 0 fully saturated rings. The molecule has 1 aromatic carbocycles. The van der Waals surface area contributed by atoms with Gasteiger partial charge >= 0.3 is 5.97 Å². The van der Waals surface area contributed by atoms with E-state index in [1.165, 1.54) is 6.20 Å². The Hall–Kier alpha value is -2.62. The third-order valence-corrected chi connectivity index (χ3v) is 3.02. The summed E-state index contributed by atoms with van der Waals surface area (Å²) in [7, 11) is 0. The van der Waals surface area contributed by atoms with Crippen molar-refractivity contribution in [2.24, 2.45) is 0 Å². The fourth-order valence-corrected chi connectivity index (χ4v) is 2.12. The van der Waals surface area contributed by atoms with E-state index in [2.05, 4.69) is 4.98 Å². The summed E-state index contributed by atoms with van der Waals surface area (Å²) in [6.45, 7) is 1.96. The van der Waals surface area contributed by atoms with Crippen LogP contribution >= 0.6 is 0 Å². The van der Waals surface area contributed by atoms with Gasteiger partial charge in [0.15, 0.2) is 5.69 Å². The van der Waals surface area contributed by atoms with E-state index in [4.69, 9.17) is 9.52 Å². The van der Waals surface area contributed by atoms with Gasteiger partial charge in [0.2, 0.25) is 0 Å². The summed E-state index contributed by atoms with van der Waals surface area (Å²) in [4.78, 5) is 15.1. The lowest BCUT2D eigenvalue weighted by Crippen LogP contribution is -2.01. The highest BCUT2D eigenvalue weighted by molar-refractivity contribution is 5.95. The number of carbonyl (C=O) groups is 1. The number of hydrogen-bond donors (Lipinski definition) is 1. The van der Waals surface area contributed by atoms with Gasteiger partial charge in [-0.2, -0.15) is 0 Å². The fourth-order valence-electron chi connectivity index (χ4n) is 2.12. The van der Waals surface area contributed by atoms with Crippen LogP contribution in [0.4, 0.5) is 0 Å². The molecule has 0 spiro atoms. The summed E-state index contributed by atoms with van der Waals surface area (Å²) in [5.74, 6) is -0.539. The van der Waals surface area contributed by atoms with Crippen molar-refractivity contribution in [2.75, 3.05) is 0 Å². The van der Waals surface area contributed by atoms with Gasteiger partial charge in [0.1, 0.15) is 11.3 Å². The number of rotatable bonds is 2. The molecule has 1 N–H and O–H groups in total. The number of furan rings is 1. The second kappa shape index (κ2) is 4.24. The predicted octanol–water partition coefficient (Wildman–Crippen LogP) is 3.50. The van der Waals surface area contributed by atoms with Gasteiger partial charge in [-0.3, -0.25) is 0 Å². The summed E-state index contributed by atoms with van der Waals surface area (Å²) in [5, 5.41) is 10.1. The van der Waals surface area contributed by atoms with Crippen LogP contribution in [0.3, 0.4) is 0 Å². The quantitative estimate of drug-likeness (QED) is 0.759. The first-order valence-corrected chi connectivity index (χ1v) is 5.84. The number of carboxylic acids is 1. The number of nitrogens with zero attached hydrogens (tertiary/aromatic N) is 1. The maximum absolute atomic E-state index is 11.2. The molecule has 0 bridgehead atoms. The second-order valence-electron chi connectivity index (χ2n) is 4.31. The Balaban J connectivity index is 2.25. The van der Waals surface area contributed by atoms with E-state index in [0.717, 1.165) is 16.5 Å². The van der Waals surface area contributed by atoms with E-state index < -0.39 is 5.97 Å². The fraction of sp³-hybridized carbons (Fsp3) is 0.0667. The summed E-state index contributed by atoms with van der Waals surface area (Å²) < 4.78 is 5.77. The Morgan fingerprint density at radius 3 is 2.84 bits per heavy atom. The van der Waals surface area contributed by atoms with Gasteiger partial charge in [0.25, 0.3) is 0 Å². The van der Waals surface area contributed by atoms with Crippen molar-refractivity contribution in [3.05, 3.63) is 53.9 Å². The Labute approximate surface area is 109 Å². The van der Waals surface area contributed by atoms with Crippen LogP contribution in [0.1, 0.15) is 16.1 Å². The first-order chi connectivity index (χ1) is 9.16. The predicted molar refractivity (Wildman–Crippen MR) is 71.1 cm³/mol. The highest BCUT2D eigenvalue weighted by Gasteiger charge is 2.16. The zero-order chi connectivity index (χ0) is 13.4. The van der Waals surface area contributed by atoms with Crippen molar-refractivity contribution in [2.45, 2.75) is 6.92 Å². The first kappa shape index (κ1) is 11.5. The molecule has 0 amide bonds. The summed E-state index contributed by atoms with van der Waals surface area (Å²) >= 11 is 0. The largest absolute Gasteiger partial charge is 0.476 e. The average Bonchev–Trinajstić information content (AvgIpc) is 2.84. The number of pyridine rings is 1. The molecule has 0 radical (unpaired) electrons. The number of aryl methyl sites for hydroxylation is 1. The molecule has 0 aliphatic rings. The van der Waals surface area contributed by atoms with Gasteiger partial charge in [-0.1, -0.05) is 18.2 Å². The lowest BCUT2D eigenvalue weighted by Gasteiger charge is -2.00. The molecule has 0 unspecified atom stereocenters. The third kappa shape index (κ3) is 1.87. The molecule has 19 heavy (non-hydrogen) atoms. The lowest BCUT2D eigenvalue weighted by molar-refractivity contribution is 0.0691. The molecule has 3 aromatic rings. The molecule has 4 nitrogen and oxygen atoms in total.